The molecule has 1 heterocycles. The number of nitrogens with zero attached hydrogens (tertiary/aromatic N) is 1. The van der Waals surface area contributed by atoms with E-state index in [0.29, 0.717) is 18.7 Å². The number of carbonyl (C=O) groups excluding carboxylic acids is 1. The van der Waals surface area contributed by atoms with Crippen LogP contribution >= 0.6 is 24.8 Å². The van der Waals surface area contributed by atoms with Crippen molar-refractivity contribution in [1.82, 2.24) is 15.5 Å². The van der Waals surface area contributed by atoms with E-state index in [1.807, 2.05) is 0 Å². The van der Waals surface area contributed by atoms with Crippen LogP contribution in [-0.2, 0) is 9.53 Å². The van der Waals surface area contributed by atoms with Crippen LogP contribution in [0, 0.1) is 5.41 Å². The third kappa shape index (κ3) is 6.05. The number of ether oxygens (including phenoxy) is 1. The monoisotopic (exact) mass is 369 g/mol. The molecule has 2 atom stereocenters. The van der Waals surface area contributed by atoms with Crippen molar-refractivity contribution in [2.24, 2.45) is 5.41 Å². The number of rotatable bonds is 5. The first-order valence-electron chi connectivity index (χ1n) is 8.24. The largest absolute Gasteiger partial charge is 0.384 e. The Morgan fingerprint density at radius 1 is 1.26 bits per heavy atom. The van der Waals surface area contributed by atoms with Crippen molar-refractivity contribution in [1.29, 1.82) is 0 Å². The van der Waals surface area contributed by atoms with Crippen LogP contribution in [0.3, 0.4) is 0 Å². The van der Waals surface area contributed by atoms with E-state index in [-0.39, 0.29) is 36.1 Å². The summed E-state index contributed by atoms with van der Waals surface area (Å²) in [5, 5.41) is 6.66. The molecule has 0 radical (unpaired) electrons. The highest BCUT2D eigenvalue weighted by Gasteiger charge is 2.40. The van der Waals surface area contributed by atoms with Crippen LogP contribution < -0.4 is 10.6 Å². The molecule has 0 aromatic carbocycles. The van der Waals surface area contributed by atoms with Crippen LogP contribution in [0.15, 0.2) is 0 Å². The van der Waals surface area contributed by atoms with Gasteiger partial charge in [-0.15, -0.1) is 24.8 Å². The summed E-state index contributed by atoms with van der Waals surface area (Å²) in [6.45, 7) is 2.34. The Hall–Kier alpha value is -0.0700. The fourth-order valence-corrected chi connectivity index (χ4v) is 3.72. The lowest BCUT2D eigenvalue weighted by Crippen LogP contribution is -2.54. The molecule has 2 rings (SSSR count). The molecule has 1 saturated carbocycles. The van der Waals surface area contributed by atoms with Crippen LogP contribution in [0.25, 0.3) is 0 Å². The summed E-state index contributed by atoms with van der Waals surface area (Å²) >= 11 is 0. The highest BCUT2D eigenvalue weighted by atomic mass is 35.5. The molecule has 23 heavy (non-hydrogen) atoms. The molecular formula is C16H33Cl2N3O2. The van der Waals surface area contributed by atoms with Crippen molar-refractivity contribution < 1.29 is 9.53 Å². The fraction of sp³-hybridized carbons (Fsp3) is 0.938. The third-order valence-corrected chi connectivity index (χ3v) is 5.18. The van der Waals surface area contributed by atoms with Gasteiger partial charge in [-0.05, 0) is 65.7 Å². The molecule has 2 N–H and O–H groups in total. The maximum absolute atomic E-state index is 12.8. The van der Waals surface area contributed by atoms with E-state index in [4.69, 9.17) is 4.74 Å². The molecule has 1 saturated heterocycles. The van der Waals surface area contributed by atoms with E-state index in [2.05, 4.69) is 29.6 Å². The number of nitrogens with one attached hydrogen (secondary N) is 2. The quantitative estimate of drug-likeness (QED) is 0.776. The first-order valence-corrected chi connectivity index (χ1v) is 8.24. The second-order valence-electron chi connectivity index (χ2n) is 6.92. The van der Waals surface area contributed by atoms with Gasteiger partial charge in [-0.3, -0.25) is 4.79 Å². The van der Waals surface area contributed by atoms with Crippen LogP contribution in [0.5, 0.6) is 0 Å². The number of amides is 1. The fourth-order valence-electron chi connectivity index (χ4n) is 3.72. The zero-order chi connectivity index (χ0) is 15.3. The van der Waals surface area contributed by atoms with Gasteiger partial charge in [0.2, 0.25) is 5.91 Å². The first kappa shape index (κ1) is 22.9. The van der Waals surface area contributed by atoms with Crippen molar-refractivity contribution in [3.8, 4) is 0 Å². The van der Waals surface area contributed by atoms with Crippen LogP contribution in [-0.4, -0.2) is 63.8 Å². The number of hydrogen-bond donors (Lipinski definition) is 2. The van der Waals surface area contributed by atoms with Gasteiger partial charge >= 0.3 is 0 Å². The molecular weight excluding hydrogens is 337 g/mol. The molecule has 0 spiro atoms. The Kier molecular flexibility index (Phi) is 10.7. The van der Waals surface area contributed by atoms with E-state index in [1.165, 1.54) is 12.8 Å². The zero-order valence-corrected chi connectivity index (χ0v) is 16.2. The lowest BCUT2D eigenvalue weighted by atomic mass is 9.78. The van der Waals surface area contributed by atoms with Crippen LogP contribution in [0.4, 0.5) is 0 Å². The SMILES string of the molecule is COCC1(C(=O)NC2CCCC(N(C)C)C2)CCNCC1.Cl.Cl. The summed E-state index contributed by atoms with van der Waals surface area (Å²) in [6.07, 6.45) is 6.36. The Labute approximate surface area is 153 Å². The number of hydrogen-bond acceptors (Lipinski definition) is 4. The van der Waals surface area contributed by atoms with Gasteiger partial charge in [0.25, 0.3) is 0 Å². The summed E-state index contributed by atoms with van der Waals surface area (Å²) in [6, 6.07) is 0.915. The molecule has 0 bridgehead atoms. The minimum atomic E-state index is -0.328. The molecule has 1 aliphatic carbocycles. The van der Waals surface area contributed by atoms with Gasteiger partial charge < -0.3 is 20.3 Å². The minimum Gasteiger partial charge on any atom is -0.384 e. The molecule has 2 aliphatic rings. The standard InChI is InChI=1S/C16H31N3O2.2ClH/c1-19(2)14-6-4-5-13(11-14)18-15(20)16(12-21-3)7-9-17-10-8-16;;/h13-14,17H,4-12H2,1-3H3,(H,18,20);2*1H. The Morgan fingerprint density at radius 3 is 2.48 bits per heavy atom. The van der Waals surface area contributed by atoms with Crippen molar-refractivity contribution in [2.75, 3.05) is 40.9 Å². The average Bonchev–Trinajstić information content (AvgIpc) is 2.48. The van der Waals surface area contributed by atoms with Crippen molar-refractivity contribution in [2.45, 2.75) is 50.6 Å². The molecule has 2 fully saturated rings. The van der Waals surface area contributed by atoms with E-state index in [9.17, 15) is 4.79 Å². The van der Waals surface area contributed by atoms with Gasteiger partial charge in [-0.1, -0.05) is 0 Å². The summed E-state index contributed by atoms with van der Waals surface area (Å²) < 4.78 is 5.36. The summed E-state index contributed by atoms with van der Waals surface area (Å²) in [7, 11) is 5.96. The van der Waals surface area contributed by atoms with Crippen molar-refractivity contribution in [3.63, 3.8) is 0 Å². The normalized spacial score (nSPS) is 26.8. The minimum absolute atomic E-state index is 0. The maximum atomic E-state index is 12.8. The highest BCUT2D eigenvalue weighted by molar-refractivity contribution is 5.85. The Balaban J connectivity index is 0.00000242. The first-order chi connectivity index (χ1) is 10.1. The van der Waals surface area contributed by atoms with E-state index >= 15 is 0 Å². The van der Waals surface area contributed by atoms with Gasteiger partial charge in [-0.2, -0.15) is 0 Å². The number of methoxy groups -OCH3 is 1. The third-order valence-electron chi connectivity index (χ3n) is 5.18. The van der Waals surface area contributed by atoms with Crippen LogP contribution in [0.2, 0.25) is 0 Å². The highest BCUT2D eigenvalue weighted by Crippen LogP contribution is 2.31. The molecule has 2 unspecified atom stereocenters. The lowest BCUT2D eigenvalue weighted by molar-refractivity contribution is -0.137. The summed E-state index contributed by atoms with van der Waals surface area (Å²) in [4.78, 5) is 15.1. The van der Waals surface area contributed by atoms with Gasteiger partial charge in [0, 0.05) is 19.2 Å². The van der Waals surface area contributed by atoms with Crippen molar-refractivity contribution in [3.05, 3.63) is 0 Å². The van der Waals surface area contributed by atoms with E-state index in [0.717, 1.165) is 38.8 Å². The average molecular weight is 370 g/mol. The molecule has 1 amide bonds. The zero-order valence-electron chi connectivity index (χ0n) is 14.6. The number of piperidine rings is 1. The second kappa shape index (κ2) is 10.7. The maximum Gasteiger partial charge on any atom is 0.228 e. The molecule has 1 aliphatic heterocycles. The van der Waals surface area contributed by atoms with Crippen molar-refractivity contribution >= 4 is 30.7 Å². The number of carbonyl (C=O) groups is 1. The van der Waals surface area contributed by atoms with Gasteiger partial charge in [0.15, 0.2) is 0 Å². The lowest BCUT2D eigenvalue weighted by Gasteiger charge is -2.39. The Bertz CT molecular complexity index is 345. The molecule has 7 heteroatoms. The Morgan fingerprint density at radius 2 is 1.91 bits per heavy atom. The van der Waals surface area contributed by atoms with Gasteiger partial charge in [0.05, 0.1) is 12.0 Å². The topological polar surface area (TPSA) is 53.6 Å². The molecule has 5 nitrogen and oxygen atoms in total. The summed E-state index contributed by atoms with van der Waals surface area (Å²) in [5.74, 6) is 0.204. The van der Waals surface area contributed by atoms with Gasteiger partial charge in [-0.25, -0.2) is 0 Å². The van der Waals surface area contributed by atoms with Gasteiger partial charge in [0.1, 0.15) is 0 Å². The van der Waals surface area contributed by atoms with Crippen LogP contribution in [0.1, 0.15) is 38.5 Å². The molecule has 138 valence electrons. The predicted molar refractivity (Wildman–Crippen MR) is 98.8 cm³/mol. The molecule has 0 aromatic rings. The summed E-state index contributed by atoms with van der Waals surface area (Å²) in [5.41, 5.74) is -0.328. The second-order valence-corrected chi connectivity index (χ2v) is 6.92. The predicted octanol–water partition coefficient (Wildman–Crippen LogP) is 1.84. The van der Waals surface area contributed by atoms with E-state index < -0.39 is 0 Å². The smallest absolute Gasteiger partial charge is 0.228 e. The van der Waals surface area contributed by atoms with E-state index in [1.54, 1.807) is 7.11 Å². The molecule has 0 aromatic heterocycles. The number of halogens is 2.